The molecule has 26 heavy (non-hydrogen) atoms. The van der Waals surface area contributed by atoms with E-state index in [2.05, 4.69) is 4.98 Å². The van der Waals surface area contributed by atoms with E-state index in [1.807, 2.05) is 36.4 Å². The highest BCUT2D eigenvalue weighted by Crippen LogP contribution is 2.26. The van der Waals surface area contributed by atoms with E-state index in [4.69, 9.17) is 10.00 Å². The third kappa shape index (κ3) is 3.01. The predicted octanol–water partition coefficient (Wildman–Crippen LogP) is 2.56. The van der Waals surface area contributed by atoms with Crippen molar-refractivity contribution in [3.8, 4) is 11.9 Å². The summed E-state index contributed by atoms with van der Waals surface area (Å²) in [5.41, 5.74) is 0.454. The van der Waals surface area contributed by atoms with E-state index < -0.39 is 10.0 Å². The maximum atomic E-state index is 12.8. The maximum absolute atomic E-state index is 12.8. The zero-order chi connectivity index (χ0) is 18.1. The highest BCUT2D eigenvalue weighted by Gasteiger charge is 2.38. The molecule has 1 aromatic heterocycles. The topological polar surface area (TPSA) is 83.3 Å². The average Bonchev–Trinajstić information content (AvgIpc) is 2.64. The summed E-state index contributed by atoms with van der Waals surface area (Å²) < 4.78 is 32.6. The molecule has 1 fully saturated rings. The SMILES string of the molecule is N#Cc1ccnc(OC2CN(S(=O)(=O)c3ccc4ccccc4c3)C2)c1. The molecular weight excluding hydrogens is 350 g/mol. The van der Waals surface area contributed by atoms with Gasteiger partial charge in [0.15, 0.2) is 0 Å². The molecule has 0 aliphatic carbocycles. The molecule has 1 saturated heterocycles. The van der Waals surface area contributed by atoms with Crippen molar-refractivity contribution >= 4 is 20.8 Å². The quantitative estimate of drug-likeness (QED) is 0.709. The molecule has 2 aromatic carbocycles. The number of ether oxygens (including phenoxy) is 1. The molecular formula is C19H15N3O3S. The summed E-state index contributed by atoms with van der Waals surface area (Å²) in [4.78, 5) is 4.32. The minimum Gasteiger partial charge on any atom is -0.471 e. The predicted molar refractivity (Wildman–Crippen MR) is 96.1 cm³/mol. The molecule has 1 aliphatic heterocycles. The van der Waals surface area contributed by atoms with Gasteiger partial charge in [-0.3, -0.25) is 0 Å². The number of sulfonamides is 1. The van der Waals surface area contributed by atoms with Crippen LogP contribution in [-0.2, 0) is 10.0 Å². The number of nitrogens with zero attached hydrogens (tertiary/aromatic N) is 3. The third-order valence-electron chi connectivity index (χ3n) is 4.32. The molecule has 0 radical (unpaired) electrons. The van der Waals surface area contributed by atoms with Crippen LogP contribution in [0.4, 0.5) is 0 Å². The number of rotatable bonds is 4. The third-order valence-corrected chi connectivity index (χ3v) is 6.15. The number of hydrogen-bond donors (Lipinski definition) is 0. The van der Waals surface area contributed by atoms with Gasteiger partial charge >= 0.3 is 0 Å². The van der Waals surface area contributed by atoms with Gasteiger partial charge in [0.05, 0.1) is 29.6 Å². The minimum atomic E-state index is -3.55. The fourth-order valence-corrected chi connectivity index (χ4v) is 4.40. The van der Waals surface area contributed by atoms with Gasteiger partial charge in [-0.2, -0.15) is 9.57 Å². The van der Waals surface area contributed by atoms with Crippen molar-refractivity contribution in [2.45, 2.75) is 11.0 Å². The van der Waals surface area contributed by atoms with Gasteiger partial charge in [-0.25, -0.2) is 13.4 Å². The molecule has 0 bridgehead atoms. The largest absolute Gasteiger partial charge is 0.471 e. The van der Waals surface area contributed by atoms with Crippen LogP contribution < -0.4 is 4.74 Å². The van der Waals surface area contributed by atoms with Crippen molar-refractivity contribution < 1.29 is 13.2 Å². The lowest BCUT2D eigenvalue weighted by atomic mass is 10.1. The average molecular weight is 365 g/mol. The molecule has 0 amide bonds. The minimum absolute atomic E-state index is 0.258. The number of aromatic nitrogens is 1. The summed E-state index contributed by atoms with van der Waals surface area (Å²) in [5, 5.41) is 10.8. The molecule has 0 spiro atoms. The Balaban J connectivity index is 1.47. The highest BCUT2D eigenvalue weighted by molar-refractivity contribution is 7.89. The van der Waals surface area contributed by atoms with Crippen LogP contribution >= 0.6 is 0 Å². The molecule has 7 heteroatoms. The van der Waals surface area contributed by atoms with Crippen molar-refractivity contribution in [3.63, 3.8) is 0 Å². The monoisotopic (exact) mass is 365 g/mol. The van der Waals surface area contributed by atoms with Crippen LogP contribution in [0, 0.1) is 11.3 Å². The lowest BCUT2D eigenvalue weighted by molar-refractivity contribution is 0.0721. The Morgan fingerprint density at radius 3 is 2.62 bits per heavy atom. The second kappa shape index (κ2) is 6.41. The Morgan fingerprint density at radius 2 is 1.85 bits per heavy atom. The van der Waals surface area contributed by atoms with Crippen molar-refractivity contribution in [2.75, 3.05) is 13.1 Å². The molecule has 3 aromatic rings. The first-order valence-electron chi connectivity index (χ1n) is 8.08. The standard InChI is InChI=1S/C19H15N3O3S/c20-11-14-7-8-21-19(9-14)25-17-12-22(13-17)26(23,24)18-6-5-15-3-1-2-4-16(15)10-18/h1-10,17H,12-13H2. The highest BCUT2D eigenvalue weighted by atomic mass is 32.2. The van der Waals surface area contributed by atoms with Crippen LogP contribution in [0.3, 0.4) is 0 Å². The molecule has 6 nitrogen and oxygen atoms in total. The number of fused-ring (bicyclic) bond motifs is 1. The first-order chi connectivity index (χ1) is 12.6. The first kappa shape index (κ1) is 16.5. The normalized spacial score (nSPS) is 15.3. The van der Waals surface area contributed by atoms with Crippen LogP contribution in [0.1, 0.15) is 5.56 Å². The van der Waals surface area contributed by atoms with E-state index in [0.717, 1.165) is 10.8 Å². The van der Waals surface area contributed by atoms with Crippen LogP contribution in [0.5, 0.6) is 5.88 Å². The molecule has 0 N–H and O–H groups in total. The Morgan fingerprint density at radius 1 is 1.08 bits per heavy atom. The van der Waals surface area contributed by atoms with Crippen molar-refractivity contribution in [3.05, 3.63) is 66.4 Å². The molecule has 0 saturated carbocycles. The number of hydrogen-bond acceptors (Lipinski definition) is 5. The van der Waals surface area contributed by atoms with Gasteiger partial charge in [-0.05, 0) is 29.0 Å². The molecule has 1 aliphatic rings. The molecule has 0 atom stereocenters. The Kier molecular flexibility index (Phi) is 4.07. The van der Waals surface area contributed by atoms with Gasteiger partial charge < -0.3 is 4.74 Å². The van der Waals surface area contributed by atoms with E-state index in [1.54, 1.807) is 24.3 Å². The van der Waals surface area contributed by atoms with Gasteiger partial charge in [0.2, 0.25) is 15.9 Å². The number of benzene rings is 2. The van der Waals surface area contributed by atoms with E-state index in [1.165, 1.54) is 10.5 Å². The number of pyridine rings is 1. The summed E-state index contributed by atoms with van der Waals surface area (Å²) >= 11 is 0. The molecule has 2 heterocycles. The van der Waals surface area contributed by atoms with Crippen LogP contribution in [0.15, 0.2) is 65.7 Å². The molecule has 130 valence electrons. The fourth-order valence-electron chi connectivity index (χ4n) is 2.86. The molecule has 0 unspecified atom stereocenters. The zero-order valence-electron chi connectivity index (χ0n) is 13.7. The fraction of sp³-hybridized carbons (Fsp3) is 0.158. The van der Waals surface area contributed by atoms with Gasteiger partial charge in [-0.15, -0.1) is 0 Å². The Bertz CT molecular complexity index is 1120. The van der Waals surface area contributed by atoms with E-state index in [9.17, 15) is 8.42 Å². The maximum Gasteiger partial charge on any atom is 0.243 e. The van der Waals surface area contributed by atoms with E-state index in [-0.39, 0.29) is 24.1 Å². The lowest BCUT2D eigenvalue weighted by Crippen LogP contribution is -2.56. The summed E-state index contributed by atoms with van der Waals surface area (Å²) in [6.07, 6.45) is 1.22. The van der Waals surface area contributed by atoms with Crippen molar-refractivity contribution in [1.29, 1.82) is 5.26 Å². The lowest BCUT2D eigenvalue weighted by Gasteiger charge is -2.37. The van der Waals surface area contributed by atoms with Gasteiger partial charge in [0.25, 0.3) is 0 Å². The van der Waals surface area contributed by atoms with Gasteiger partial charge in [0.1, 0.15) is 6.10 Å². The Labute approximate surface area is 151 Å². The Hall–Kier alpha value is -2.95. The van der Waals surface area contributed by atoms with E-state index >= 15 is 0 Å². The van der Waals surface area contributed by atoms with Crippen molar-refractivity contribution in [1.82, 2.24) is 9.29 Å². The first-order valence-corrected chi connectivity index (χ1v) is 9.52. The summed E-state index contributed by atoms with van der Waals surface area (Å²) in [5.74, 6) is 0.330. The zero-order valence-corrected chi connectivity index (χ0v) is 14.6. The van der Waals surface area contributed by atoms with Crippen LogP contribution in [0.25, 0.3) is 10.8 Å². The summed E-state index contributed by atoms with van der Waals surface area (Å²) in [7, 11) is -3.55. The second-order valence-corrected chi connectivity index (χ2v) is 8.00. The summed E-state index contributed by atoms with van der Waals surface area (Å²) in [6, 6.07) is 17.9. The van der Waals surface area contributed by atoms with Crippen LogP contribution in [-0.4, -0.2) is 36.9 Å². The summed E-state index contributed by atoms with van der Waals surface area (Å²) in [6.45, 7) is 0.515. The van der Waals surface area contributed by atoms with Crippen LogP contribution in [0.2, 0.25) is 0 Å². The smallest absolute Gasteiger partial charge is 0.243 e. The molecule has 4 rings (SSSR count). The van der Waals surface area contributed by atoms with E-state index in [0.29, 0.717) is 11.4 Å². The van der Waals surface area contributed by atoms with Gasteiger partial charge in [0, 0.05) is 12.3 Å². The second-order valence-electron chi connectivity index (χ2n) is 6.07. The van der Waals surface area contributed by atoms with Crippen molar-refractivity contribution in [2.24, 2.45) is 0 Å². The van der Waals surface area contributed by atoms with Gasteiger partial charge in [-0.1, -0.05) is 30.3 Å². The number of nitriles is 1.